The molecule has 0 atom stereocenters. The number of carbonyl (C=O) groups is 2. The number of amides is 1. The molecule has 6 nitrogen and oxygen atoms in total. The molecule has 1 aromatic rings. The predicted molar refractivity (Wildman–Crippen MR) is 80.2 cm³/mol. The number of hydrogen-bond acceptors (Lipinski definition) is 4. The largest absolute Gasteiger partial charge is 0.378 e. The molecule has 1 N–H and O–H groups in total. The standard InChI is InChI=1S/C16H20N2O4/c1-16(2)8-12-10(13(19)9-16)7-11(14(20)17-12)15(21)18-3-5-22-6-4-18/h7H,3-6,8-9H2,1-2H3,(H,17,20). The number of aromatic nitrogens is 1. The summed E-state index contributed by atoms with van der Waals surface area (Å²) in [5, 5.41) is 0. The smallest absolute Gasteiger partial charge is 0.261 e. The number of ketones is 1. The number of ether oxygens (including phenoxy) is 1. The first kappa shape index (κ1) is 15.0. The van der Waals surface area contributed by atoms with E-state index in [0.717, 1.165) is 0 Å². The van der Waals surface area contributed by atoms with Gasteiger partial charge in [-0.15, -0.1) is 0 Å². The van der Waals surface area contributed by atoms with Crippen molar-refractivity contribution < 1.29 is 14.3 Å². The van der Waals surface area contributed by atoms with Crippen molar-refractivity contribution in [3.8, 4) is 0 Å². The Morgan fingerprint density at radius 1 is 1.23 bits per heavy atom. The van der Waals surface area contributed by atoms with E-state index in [2.05, 4.69) is 4.98 Å². The molecule has 1 aliphatic heterocycles. The Morgan fingerprint density at radius 3 is 2.59 bits per heavy atom. The first-order chi connectivity index (χ1) is 10.4. The quantitative estimate of drug-likeness (QED) is 0.839. The normalized spacial score (nSPS) is 20.6. The SMILES string of the molecule is CC1(C)CC(=O)c2cc(C(=O)N3CCOCC3)c(=O)[nH]c2C1. The third kappa shape index (κ3) is 2.70. The van der Waals surface area contributed by atoms with Gasteiger partial charge >= 0.3 is 0 Å². The maximum atomic E-state index is 12.5. The molecule has 1 amide bonds. The van der Waals surface area contributed by atoms with Crippen LogP contribution in [0.3, 0.4) is 0 Å². The van der Waals surface area contributed by atoms with Crippen molar-refractivity contribution in [2.24, 2.45) is 5.41 Å². The Kier molecular flexibility index (Phi) is 3.64. The van der Waals surface area contributed by atoms with E-state index in [9.17, 15) is 14.4 Å². The summed E-state index contributed by atoms with van der Waals surface area (Å²) >= 11 is 0. The van der Waals surface area contributed by atoms with Gasteiger partial charge in [-0.05, 0) is 17.9 Å². The molecule has 0 aromatic carbocycles. The van der Waals surface area contributed by atoms with Crippen LogP contribution in [0.4, 0.5) is 0 Å². The number of fused-ring (bicyclic) bond motifs is 1. The summed E-state index contributed by atoms with van der Waals surface area (Å²) in [7, 11) is 0. The zero-order valence-electron chi connectivity index (χ0n) is 12.9. The van der Waals surface area contributed by atoms with Crippen LogP contribution in [0, 0.1) is 5.41 Å². The second kappa shape index (κ2) is 5.35. The average Bonchev–Trinajstić information content (AvgIpc) is 2.45. The first-order valence-corrected chi connectivity index (χ1v) is 7.54. The minimum Gasteiger partial charge on any atom is -0.378 e. The van der Waals surface area contributed by atoms with E-state index < -0.39 is 5.56 Å². The molecule has 6 heteroatoms. The van der Waals surface area contributed by atoms with E-state index in [-0.39, 0.29) is 22.7 Å². The van der Waals surface area contributed by atoms with Gasteiger partial charge in [-0.2, -0.15) is 0 Å². The van der Waals surface area contributed by atoms with E-state index in [1.54, 1.807) is 4.90 Å². The third-order valence-corrected chi connectivity index (χ3v) is 4.25. The Balaban J connectivity index is 1.97. The summed E-state index contributed by atoms with van der Waals surface area (Å²) in [4.78, 5) is 41.4. The van der Waals surface area contributed by atoms with Crippen LogP contribution < -0.4 is 5.56 Å². The fourth-order valence-electron chi connectivity index (χ4n) is 3.12. The van der Waals surface area contributed by atoms with E-state index in [0.29, 0.717) is 50.4 Å². The molecule has 1 aromatic heterocycles. The molecule has 0 radical (unpaired) electrons. The Morgan fingerprint density at radius 2 is 1.91 bits per heavy atom. The van der Waals surface area contributed by atoms with Gasteiger partial charge in [0.1, 0.15) is 5.56 Å². The minimum absolute atomic E-state index is 0.0153. The van der Waals surface area contributed by atoms with Crippen molar-refractivity contribution >= 4 is 11.7 Å². The summed E-state index contributed by atoms with van der Waals surface area (Å²) < 4.78 is 5.21. The van der Waals surface area contributed by atoms with Gasteiger partial charge in [-0.25, -0.2) is 0 Å². The van der Waals surface area contributed by atoms with Crippen molar-refractivity contribution in [3.63, 3.8) is 0 Å². The average molecular weight is 304 g/mol. The van der Waals surface area contributed by atoms with E-state index in [1.807, 2.05) is 13.8 Å². The summed E-state index contributed by atoms with van der Waals surface area (Å²) in [5.41, 5.74) is 0.595. The Labute approximate surface area is 128 Å². The molecule has 1 aliphatic carbocycles. The van der Waals surface area contributed by atoms with Crippen LogP contribution in [0.1, 0.15) is 46.7 Å². The summed E-state index contributed by atoms with van der Waals surface area (Å²) in [5.74, 6) is -0.344. The highest BCUT2D eigenvalue weighted by molar-refractivity contribution is 6.02. The number of Topliss-reactive ketones (excluding diaryl/α,β-unsaturated/α-hetero) is 1. The van der Waals surface area contributed by atoms with Crippen LogP contribution in [0.5, 0.6) is 0 Å². The monoisotopic (exact) mass is 304 g/mol. The third-order valence-electron chi connectivity index (χ3n) is 4.25. The molecule has 2 heterocycles. The van der Waals surface area contributed by atoms with Gasteiger partial charge in [0.25, 0.3) is 11.5 Å². The molecule has 1 fully saturated rings. The van der Waals surface area contributed by atoms with Crippen LogP contribution >= 0.6 is 0 Å². The molecule has 0 unspecified atom stereocenters. The minimum atomic E-state index is -0.416. The molecular formula is C16H20N2O4. The summed E-state index contributed by atoms with van der Waals surface area (Å²) in [6, 6.07) is 1.48. The van der Waals surface area contributed by atoms with Crippen molar-refractivity contribution in [1.29, 1.82) is 0 Å². The lowest BCUT2D eigenvalue weighted by Gasteiger charge is -2.30. The van der Waals surface area contributed by atoms with E-state index >= 15 is 0 Å². The summed E-state index contributed by atoms with van der Waals surface area (Å²) in [6.45, 7) is 5.88. The molecule has 0 spiro atoms. The molecule has 22 heavy (non-hydrogen) atoms. The number of nitrogens with one attached hydrogen (secondary N) is 1. The number of hydrogen-bond donors (Lipinski definition) is 1. The topological polar surface area (TPSA) is 79.5 Å². The molecule has 0 bridgehead atoms. The van der Waals surface area contributed by atoms with E-state index in [1.165, 1.54) is 6.07 Å². The van der Waals surface area contributed by atoms with Crippen LogP contribution in [0.2, 0.25) is 0 Å². The van der Waals surface area contributed by atoms with Gasteiger partial charge < -0.3 is 14.6 Å². The number of H-pyrrole nitrogens is 1. The van der Waals surface area contributed by atoms with Crippen molar-refractivity contribution in [2.45, 2.75) is 26.7 Å². The first-order valence-electron chi connectivity index (χ1n) is 7.54. The Hall–Kier alpha value is -1.95. The van der Waals surface area contributed by atoms with Crippen LogP contribution in [0.25, 0.3) is 0 Å². The number of aromatic amines is 1. The summed E-state index contributed by atoms with van der Waals surface area (Å²) in [6.07, 6.45) is 1.06. The molecule has 118 valence electrons. The molecule has 2 aliphatic rings. The zero-order chi connectivity index (χ0) is 15.9. The van der Waals surface area contributed by atoms with Crippen LogP contribution in [0.15, 0.2) is 10.9 Å². The second-order valence-electron chi connectivity index (χ2n) is 6.75. The van der Waals surface area contributed by atoms with Gasteiger partial charge in [0.05, 0.1) is 13.2 Å². The lowest BCUT2D eigenvalue weighted by molar-refractivity contribution is 0.0301. The van der Waals surface area contributed by atoms with E-state index in [4.69, 9.17) is 4.74 Å². The Bertz CT molecular complexity index is 684. The zero-order valence-corrected chi connectivity index (χ0v) is 12.9. The maximum absolute atomic E-state index is 12.5. The maximum Gasteiger partial charge on any atom is 0.261 e. The lowest BCUT2D eigenvalue weighted by Crippen LogP contribution is -2.43. The van der Waals surface area contributed by atoms with Gasteiger partial charge in [-0.3, -0.25) is 14.4 Å². The van der Waals surface area contributed by atoms with Gasteiger partial charge in [0.15, 0.2) is 5.78 Å². The van der Waals surface area contributed by atoms with Crippen molar-refractivity contribution in [1.82, 2.24) is 9.88 Å². The molecule has 1 saturated heterocycles. The van der Waals surface area contributed by atoms with Crippen LogP contribution in [-0.2, 0) is 11.2 Å². The van der Waals surface area contributed by atoms with Gasteiger partial charge in [0.2, 0.25) is 0 Å². The predicted octanol–water partition coefficient (Wildman–Crippen LogP) is 1.00. The van der Waals surface area contributed by atoms with Crippen molar-refractivity contribution in [3.05, 3.63) is 33.2 Å². The fraction of sp³-hybridized carbons (Fsp3) is 0.562. The highest BCUT2D eigenvalue weighted by Crippen LogP contribution is 2.33. The number of carbonyl (C=O) groups excluding carboxylic acids is 2. The lowest BCUT2D eigenvalue weighted by atomic mass is 9.75. The molecule has 0 saturated carbocycles. The van der Waals surface area contributed by atoms with Gasteiger partial charge in [-0.1, -0.05) is 13.8 Å². The van der Waals surface area contributed by atoms with Crippen LogP contribution in [-0.4, -0.2) is 47.9 Å². The highest BCUT2D eigenvalue weighted by Gasteiger charge is 2.33. The number of pyridine rings is 1. The fourth-order valence-corrected chi connectivity index (χ4v) is 3.12. The van der Waals surface area contributed by atoms with Crippen molar-refractivity contribution in [2.75, 3.05) is 26.3 Å². The van der Waals surface area contributed by atoms with Gasteiger partial charge in [0, 0.05) is 30.8 Å². The number of nitrogens with zero attached hydrogens (tertiary/aromatic N) is 1. The molecular weight excluding hydrogens is 284 g/mol. The molecule has 3 rings (SSSR count). The second-order valence-corrected chi connectivity index (χ2v) is 6.75. The highest BCUT2D eigenvalue weighted by atomic mass is 16.5. The number of rotatable bonds is 1. The number of morpholine rings is 1.